The second-order valence-corrected chi connectivity index (χ2v) is 28.1. The summed E-state index contributed by atoms with van der Waals surface area (Å²) in [5, 5.41) is 23.5. The fourth-order valence-electron chi connectivity index (χ4n) is 13.1. The van der Waals surface area contributed by atoms with Crippen molar-refractivity contribution in [3.05, 3.63) is 24.3 Å². The number of hydrogen-bond donors (Lipinski definition) is 3. The van der Waals surface area contributed by atoms with Crippen LogP contribution in [0.4, 0.5) is 0 Å². The highest BCUT2D eigenvalue weighted by atomic mass is 16.5. The number of amides is 1. The Morgan fingerprint density at radius 2 is 0.568 bits per heavy atom. The van der Waals surface area contributed by atoms with Crippen molar-refractivity contribution >= 4 is 11.9 Å². The van der Waals surface area contributed by atoms with Gasteiger partial charge < -0.3 is 20.3 Å². The van der Waals surface area contributed by atoms with Crippen molar-refractivity contribution in [3.8, 4) is 0 Å². The van der Waals surface area contributed by atoms with Gasteiger partial charge in [0.15, 0.2) is 0 Å². The standard InChI is InChI=1S/C82H159NO5/c1-3-5-7-9-11-13-15-17-19-21-23-24-25-29-32-35-39-42-46-50-54-58-62-66-70-74-80(85)79(78-84)83-81(86)75-71-67-63-59-55-51-47-43-40-36-33-30-27-26-28-31-34-37-41-45-49-53-57-61-65-69-73-77-88-82(87)76-72-68-64-60-56-52-48-44-38-22-20-18-16-14-12-10-8-6-4-2/h12,14,18,20,79-80,84-85H,3-11,13,15-17,19,21-78H2,1-2H3,(H,83,86)/b14-12-,20-18-. The Morgan fingerprint density at radius 1 is 0.318 bits per heavy atom. The maximum Gasteiger partial charge on any atom is 0.305 e. The number of esters is 1. The van der Waals surface area contributed by atoms with Crippen molar-refractivity contribution in [1.82, 2.24) is 5.32 Å². The molecule has 88 heavy (non-hydrogen) atoms. The third-order valence-corrected chi connectivity index (χ3v) is 19.3. The van der Waals surface area contributed by atoms with E-state index in [-0.39, 0.29) is 18.5 Å². The fourth-order valence-corrected chi connectivity index (χ4v) is 13.1. The third-order valence-electron chi connectivity index (χ3n) is 19.3. The van der Waals surface area contributed by atoms with Crippen molar-refractivity contribution in [3.63, 3.8) is 0 Å². The van der Waals surface area contributed by atoms with Gasteiger partial charge in [-0.15, -0.1) is 0 Å². The van der Waals surface area contributed by atoms with E-state index in [2.05, 4.69) is 43.5 Å². The lowest BCUT2D eigenvalue weighted by molar-refractivity contribution is -0.143. The van der Waals surface area contributed by atoms with Crippen LogP contribution in [0.15, 0.2) is 24.3 Å². The SMILES string of the molecule is CCCCC/C=C\C/C=C\CCCCCCCCCCCC(=O)OCCCCCCCCCCCCCCCCCCCCCCCCCCCCCC(=O)NC(CO)C(O)CCCCCCCCCCCCCCCCCCCCCCCCCCC. The van der Waals surface area contributed by atoms with E-state index in [1.54, 1.807) is 0 Å². The number of unbranched alkanes of at least 4 members (excludes halogenated alkanes) is 62. The van der Waals surface area contributed by atoms with Gasteiger partial charge in [-0.3, -0.25) is 9.59 Å². The molecule has 0 rings (SSSR count). The van der Waals surface area contributed by atoms with Gasteiger partial charge in [0.05, 0.1) is 25.4 Å². The molecular weight excluding hydrogens is 1080 g/mol. The molecule has 0 saturated carbocycles. The Labute approximate surface area is 551 Å². The van der Waals surface area contributed by atoms with Gasteiger partial charge in [0.1, 0.15) is 0 Å². The normalized spacial score (nSPS) is 12.5. The molecule has 2 unspecified atom stereocenters. The molecule has 0 spiro atoms. The summed E-state index contributed by atoms with van der Waals surface area (Å²) in [6.07, 6.45) is 99.8. The third kappa shape index (κ3) is 73.4. The maximum atomic E-state index is 12.6. The van der Waals surface area contributed by atoms with Gasteiger partial charge in [-0.1, -0.05) is 417 Å². The fraction of sp³-hybridized carbons (Fsp3) is 0.927. The molecule has 522 valence electrons. The Morgan fingerprint density at radius 3 is 0.886 bits per heavy atom. The smallest absolute Gasteiger partial charge is 0.305 e. The lowest BCUT2D eigenvalue weighted by Crippen LogP contribution is -2.45. The lowest BCUT2D eigenvalue weighted by atomic mass is 10.0. The predicted octanol–water partition coefficient (Wildman–Crippen LogP) is 26.8. The number of carbonyl (C=O) groups is 2. The zero-order valence-corrected chi connectivity index (χ0v) is 60.0. The van der Waals surface area contributed by atoms with Crippen LogP contribution in [0.25, 0.3) is 0 Å². The average molecular weight is 1240 g/mol. The molecule has 0 saturated heterocycles. The summed E-state index contributed by atoms with van der Waals surface area (Å²) >= 11 is 0. The van der Waals surface area contributed by atoms with Crippen molar-refractivity contribution < 1.29 is 24.5 Å². The second-order valence-electron chi connectivity index (χ2n) is 28.1. The zero-order chi connectivity index (χ0) is 63.5. The number of ether oxygens (including phenoxy) is 1. The molecule has 0 aromatic heterocycles. The lowest BCUT2D eigenvalue weighted by Gasteiger charge is -2.22. The maximum absolute atomic E-state index is 12.6. The predicted molar refractivity (Wildman–Crippen MR) is 389 cm³/mol. The summed E-state index contributed by atoms with van der Waals surface area (Å²) in [5.41, 5.74) is 0. The van der Waals surface area contributed by atoms with Crippen LogP contribution < -0.4 is 5.32 Å². The van der Waals surface area contributed by atoms with Gasteiger partial charge in [-0.2, -0.15) is 0 Å². The molecule has 0 bridgehead atoms. The van der Waals surface area contributed by atoms with Crippen LogP contribution in [-0.2, 0) is 14.3 Å². The molecule has 0 fully saturated rings. The van der Waals surface area contributed by atoms with Gasteiger partial charge in [-0.25, -0.2) is 0 Å². The first-order chi connectivity index (χ1) is 43.5. The van der Waals surface area contributed by atoms with E-state index >= 15 is 0 Å². The number of rotatable bonds is 77. The molecule has 0 aliphatic heterocycles. The number of carbonyl (C=O) groups excluding carboxylic acids is 2. The van der Waals surface area contributed by atoms with Gasteiger partial charge in [0.25, 0.3) is 0 Å². The molecule has 1 amide bonds. The average Bonchev–Trinajstić information content (AvgIpc) is 3.58. The van der Waals surface area contributed by atoms with E-state index in [0.717, 1.165) is 51.4 Å². The second kappa shape index (κ2) is 77.8. The minimum absolute atomic E-state index is 0.0156. The molecule has 0 aromatic rings. The quantitative estimate of drug-likeness (QED) is 0.0320. The summed E-state index contributed by atoms with van der Waals surface area (Å²) < 4.78 is 5.52. The zero-order valence-electron chi connectivity index (χ0n) is 60.0. The summed E-state index contributed by atoms with van der Waals surface area (Å²) in [6.45, 7) is 4.98. The molecule has 0 heterocycles. The van der Waals surface area contributed by atoms with Crippen LogP contribution in [0.2, 0.25) is 0 Å². The topological polar surface area (TPSA) is 95.9 Å². The van der Waals surface area contributed by atoms with Gasteiger partial charge in [0, 0.05) is 12.8 Å². The summed E-state index contributed by atoms with van der Waals surface area (Å²) in [6, 6.07) is -0.541. The van der Waals surface area contributed by atoms with E-state index in [0.29, 0.717) is 25.9 Å². The Balaban J connectivity index is 3.34. The Hall–Kier alpha value is -1.66. The Kier molecular flexibility index (Phi) is 76.3. The van der Waals surface area contributed by atoms with Crippen LogP contribution in [0.3, 0.4) is 0 Å². The van der Waals surface area contributed by atoms with E-state index in [4.69, 9.17) is 4.74 Å². The van der Waals surface area contributed by atoms with Gasteiger partial charge >= 0.3 is 5.97 Å². The minimum atomic E-state index is -0.664. The number of allylic oxidation sites excluding steroid dienone is 4. The van der Waals surface area contributed by atoms with E-state index in [1.165, 1.54) is 379 Å². The molecule has 0 radical (unpaired) electrons. The molecular formula is C82H159NO5. The summed E-state index contributed by atoms with van der Waals surface area (Å²) in [5.74, 6) is -0.0106. The number of aliphatic hydroxyl groups excluding tert-OH is 2. The molecule has 6 nitrogen and oxygen atoms in total. The molecule has 0 aliphatic rings. The number of hydrogen-bond acceptors (Lipinski definition) is 5. The van der Waals surface area contributed by atoms with Crippen LogP contribution in [0.5, 0.6) is 0 Å². The van der Waals surface area contributed by atoms with Gasteiger partial charge in [0.2, 0.25) is 5.91 Å². The van der Waals surface area contributed by atoms with Gasteiger partial charge in [-0.05, 0) is 57.8 Å². The molecule has 3 N–H and O–H groups in total. The van der Waals surface area contributed by atoms with E-state index < -0.39 is 12.1 Å². The minimum Gasteiger partial charge on any atom is -0.466 e. The number of aliphatic hydroxyl groups is 2. The Bertz CT molecular complexity index is 1380. The first-order valence-corrected chi connectivity index (χ1v) is 40.6. The van der Waals surface area contributed by atoms with E-state index in [1.807, 2.05) is 0 Å². The first kappa shape index (κ1) is 86.3. The van der Waals surface area contributed by atoms with Crippen molar-refractivity contribution in [2.75, 3.05) is 13.2 Å². The van der Waals surface area contributed by atoms with Crippen molar-refractivity contribution in [2.45, 2.75) is 475 Å². The largest absolute Gasteiger partial charge is 0.466 e. The molecule has 2 atom stereocenters. The highest BCUT2D eigenvalue weighted by molar-refractivity contribution is 5.76. The van der Waals surface area contributed by atoms with E-state index in [9.17, 15) is 19.8 Å². The van der Waals surface area contributed by atoms with Crippen molar-refractivity contribution in [1.29, 1.82) is 0 Å². The molecule has 0 aliphatic carbocycles. The molecule has 0 aromatic carbocycles. The van der Waals surface area contributed by atoms with Crippen LogP contribution in [-0.4, -0.2) is 47.4 Å². The number of nitrogens with one attached hydrogen (secondary N) is 1. The monoisotopic (exact) mass is 1240 g/mol. The highest BCUT2D eigenvalue weighted by Gasteiger charge is 2.20. The summed E-state index contributed by atoms with van der Waals surface area (Å²) in [4.78, 5) is 24.7. The van der Waals surface area contributed by atoms with Crippen molar-refractivity contribution in [2.24, 2.45) is 0 Å². The van der Waals surface area contributed by atoms with Crippen LogP contribution in [0.1, 0.15) is 463 Å². The highest BCUT2D eigenvalue weighted by Crippen LogP contribution is 2.20. The van der Waals surface area contributed by atoms with Crippen LogP contribution in [0, 0.1) is 0 Å². The molecule has 6 heteroatoms. The van der Waals surface area contributed by atoms with Crippen LogP contribution >= 0.6 is 0 Å². The first-order valence-electron chi connectivity index (χ1n) is 40.6. The summed E-state index contributed by atoms with van der Waals surface area (Å²) in [7, 11) is 0.